The maximum absolute atomic E-state index is 12.7. The van der Waals surface area contributed by atoms with Crippen LogP contribution in [0.1, 0.15) is 31.4 Å². The van der Waals surface area contributed by atoms with Gasteiger partial charge in [-0.05, 0) is 0 Å². The SMILES string of the molecule is CC(C)c1nc(C(F)(F)C(F)(F)F)n[nH]1. The normalized spacial score (nSPS) is 13.6. The molecule has 0 saturated carbocycles. The third-order valence-electron chi connectivity index (χ3n) is 1.69. The summed E-state index contributed by atoms with van der Waals surface area (Å²) in [5.41, 5.74) is 0. The predicted octanol–water partition coefficient (Wildman–Crippen LogP) is 2.58. The van der Waals surface area contributed by atoms with Crippen LogP contribution in [0.5, 0.6) is 0 Å². The predicted molar refractivity (Wildman–Crippen MR) is 40.4 cm³/mol. The fourth-order valence-corrected chi connectivity index (χ4v) is 0.800. The van der Waals surface area contributed by atoms with E-state index in [-0.39, 0.29) is 11.7 Å². The van der Waals surface area contributed by atoms with Gasteiger partial charge < -0.3 is 0 Å². The van der Waals surface area contributed by atoms with Gasteiger partial charge in [-0.3, -0.25) is 5.10 Å². The second kappa shape index (κ2) is 3.42. The van der Waals surface area contributed by atoms with Gasteiger partial charge in [-0.2, -0.15) is 27.1 Å². The van der Waals surface area contributed by atoms with Crippen molar-refractivity contribution in [3.63, 3.8) is 0 Å². The molecule has 1 aromatic rings. The second-order valence-corrected chi connectivity index (χ2v) is 3.27. The number of H-pyrrole nitrogens is 1. The number of nitrogens with zero attached hydrogens (tertiary/aromatic N) is 2. The highest BCUT2D eigenvalue weighted by atomic mass is 19.4. The number of halogens is 5. The molecular formula is C7H8F5N3. The van der Waals surface area contributed by atoms with E-state index in [0.717, 1.165) is 0 Å². The minimum atomic E-state index is -5.68. The minimum absolute atomic E-state index is 0.00562. The van der Waals surface area contributed by atoms with Crippen molar-refractivity contribution in [3.05, 3.63) is 11.6 Å². The molecule has 1 rings (SSSR count). The highest BCUT2D eigenvalue weighted by molar-refractivity contribution is 5.03. The smallest absolute Gasteiger partial charge is 0.263 e. The maximum Gasteiger partial charge on any atom is 0.461 e. The number of rotatable bonds is 2. The topological polar surface area (TPSA) is 41.6 Å². The first-order chi connectivity index (χ1) is 6.66. The number of aromatic amines is 1. The van der Waals surface area contributed by atoms with Crippen LogP contribution in [-0.4, -0.2) is 21.4 Å². The lowest BCUT2D eigenvalue weighted by molar-refractivity contribution is -0.292. The molecule has 0 spiro atoms. The molecule has 0 radical (unpaired) electrons. The third-order valence-corrected chi connectivity index (χ3v) is 1.69. The van der Waals surface area contributed by atoms with Crippen molar-refractivity contribution in [3.8, 4) is 0 Å². The van der Waals surface area contributed by atoms with Crippen LogP contribution >= 0.6 is 0 Å². The lowest BCUT2D eigenvalue weighted by Crippen LogP contribution is -2.34. The Labute approximate surface area is 81.7 Å². The Balaban J connectivity index is 3.06. The first-order valence-electron chi connectivity index (χ1n) is 4.03. The summed E-state index contributed by atoms with van der Waals surface area (Å²) in [6.07, 6.45) is -5.68. The molecule has 0 amide bonds. The van der Waals surface area contributed by atoms with E-state index in [1.54, 1.807) is 13.8 Å². The molecule has 0 saturated heterocycles. The zero-order valence-corrected chi connectivity index (χ0v) is 7.86. The highest BCUT2D eigenvalue weighted by Gasteiger charge is 2.61. The Bertz CT molecular complexity index is 341. The lowest BCUT2D eigenvalue weighted by atomic mass is 10.2. The van der Waals surface area contributed by atoms with Crippen LogP contribution in [0.4, 0.5) is 22.0 Å². The molecule has 1 N–H and O–H groups in total. The monoisotopic (exact) mass is 229 g/mol. The molecule has 15 heavy (non-hydrogen) atoms. The van der Waals surface area contributed by atoms with Gasteiger partial charge in [0, 0.05) is 5.92 Å². The molecular weight excluding hydrogens is 221 g/mol. The molecule has 0 aliphatic rings. The van der Waals surface area contributed by atoms with Crippen LogP contribution in [0.15, 0.2) is 0 Å². The first-order valence-corrected chi connectivity index (χ1v) is 4.03. The summed E-state index contributed by atoms with van der Waals surface area (Å²) in [6.45, 7) is 3.19. The van der Waals surface area contributed by atoms with Gasteiger partial charge in [-0.25, -0.2) is 4.98 Å². The van der Waals surface area contributed by atoms with Crippen molar-refractivity contribution >= 4 is 0 Å². The van der Waals surface area contributed by atoms with Crippen molar-refractivity contribution in [2.75, 3.05) is 0 Å². The van der Waals surface area contributed by atoms with E-state index in [4.69, 9.17) is 0 Å². The van der Waals surface area contributed by atoms with E-state index in [1.807, 2.05) is 5.10 Å². The summed E-state index contributed by atoms with van der Waals surface area (Å²) < 4.78 is 61.0. The zero-order valence-electron chi connectivity index (χ0n) is 7.86. The van der Waals surface area contributed by atoms with Crippen LogP contribution in [0, 0.1) is 0 Å². The summed E-state index contributed by atoms with van der Waals surface area (Å²) in [4.78, 5) is 3.11. The van der Waals surface area contributed by atoms with Gasteiger partial charge in [0.25, 0.3) is 0 Å². The average molecular weight is 229 g/mol. The molecule has 0 bridgehead atoms. The molecule has 0 atom stereocenters. The molecule has 86 valence electrons. The van der Waals surface area contributed by atoms with Gasteiger partial charge in [0.2, 0.25) is 5.82 Å². The maximum atomic E-state index is 12.7. The largest absolute Gasteiger partial charge is 0.461 e. The molecule has 0 unspecified atom stereocenters. The van der Waals surface area contributed by atoms with Gasteiger partial charge in [0.1, 0.15) is 5.82 Å². The standard InChI is InChI=1S/C7H8F5N3/c1-3(2)4-13-5(15-14-4)6(8,9)7(10,11)12/h3H,1-2H3,(H,13,14,15). The van der Waals surface area contributed by atoms with Crippen molar-refractivity contribution in [2.24, 2.45) is 0 Å². The van der Waals surface area contributed by atoms with E-state index in [1.165, 1.54) is 0 Å². The van der Waals surface area contributed by atoms with Crippen molar-refractivity contribution < 1.29 is 22.0 Å². The Morgan fingerprint density at radius 3 is 2.00 bits per heavy atom. The Morgan fingerprint density at radius 1 is 1.13 bits per heavy atom. The van der Waals surface area contributed by atoms with E-state index < -0.39 is 17.9 Å². The second-order valence-electron chi connectivity index (χ2n) is 3.27. The summed E-state index contributed by atoms with van der Waals surface area (Å²) in [7, 11) is 0. The van der Waals surface area contributed by atoms with Crippen molar-refractivity contribution in [1.29, 1.82) is 0 Å². The molecule has 1 aromatic heterocycles. The highest BCUT2D eigenvalue weighted by Crippen LogP contribution is 2.42. The molecule has 8 heteroatoms. The Kier molecular flexibility index (Phi) is 2.71. The lowest BCUT2D eigenvalue weighted by Gasteiger charge is -2.15. The van der Waals surface area contributed by atoms with Crippen LogP contribution < -0.4 is 0 Å². The molecule has 1 heterocycles. The van der Waals surface area contributed by atoms with Gasteiger partial charge in [0.15, 0.2) is 0 Å². The van der Waals surface area contributed by atoms with Crippen molar-refractivity contribution in [1.82, 2.24) is 15.2 Å². The van der Waals surface area contributed by atoms with Crippen molar-refractivity contribution in [2.45, 2.75) is 31.9 Å². The van der Waals surface area contributed by atoms with E-state index in [2.05, 4.69) is 10.1 Å². The fraction of sp³-hybridized carbons (Fsp3) is 0.714. The van der Waals surface area contributed by atoms with Crippen LogP contribution in [-0.2, 0) is 5.92 Å². The van der Waals surface area contributed by atoms with Gasteiger partial charge in [-0.1, -0.05) is 13.8 Å². The minimum Gasteiger partial charge on any atom is -0.263 e. The van der Waals surface area contributed by atoms with Crippen LogP contribution in [0.25, 0.3) is 0 Å². The summed E-state index contributed by atoms with van der Waals surface area (Å²) in [5.74, 6) is -6.86. The zero-order chi connectivity index (χ0) is 11.9. The average Bonchev–Trinajstić information content (AvgIpc) is 2.49. The van der Waals surface area contributed by atoms with Gasteiger partial charge in [0.05, 0.1) is 0 Å². The summed E-state index contributed by atoms with van der Waals surface area (Å²) in [6, 6.07) is 0. The van der Waals surface area contributed by atoms with Crippen LogP contribution in [0.2, 0.25) is 0 Å². The van der Waals surface area contributed by atoms with E-state index in [0.29, 0.717) is 0 Å². The van der Waals surface area contributed by atoms with E-state index >= 15 is 0 Å². The molecule has 3 nitrogen and oxygen atoms in total. The fourth-order valence-electron chi connectivity index (χ4n) is 0.800. The number of hydrogen-bond donors (Lipinski definition) is 1. The molecule has 0 aromatic carbocycles. The molecule has 0 aliphatic carbocycles. The summed E-state index contributed by atoms with van der Waals surface area (Å²) in [5, 5.41) is 4.91. The number of alkyl halides is 5. The number of nitrogens with one attached hydrogen (secondary N) is 1. The first kappa shape index (κ1) is 11.9. The number of hydrogen-bond acceptors (Lipinski definition) is 2. The Hall–Kier alpha value is -1.21. The third kappa shape index (κ3) is 2.07. The summed E-state index contributed by atoms with van der Waals surface area (Å²) >= 11 is 0. The quantitative estimate of drug-likeness (QED) is 0.792. The Morgan fingerprint density at radius 2 is 1.67 bits per heavy atom. The van der Waals surface area contributed by atoms with Crippen LogP contribution in [0.3, 0.4) is 0 Å². The van der Waals surface area contributed by atoms with E-state index in [9.17, 15) is 22.0 Å². The molecule has 0 aliphatic heterocycles. The van der Waals surface area contributed by atoms with Gasteiger partial charge >= 0.3 is 12.1 Å². The molecule has 0 fully saturated rings. The number of aromatic nitrogens is 3. The van der Waals surface area contributed by atoms with Gasteiger partial charge in [-0.15, -0.1) is 0 Å².